The van der Waals surface area contributed by atoms with Crippen LogP contribution in [0, 0.1) is 19.3 Å². The second kappa shape index (κ2) is 8.31. The zero-order valence-corrected chi connectivity index (χ0v) is 17.5. The first-order valence-corrected chi connectivity index (χ1v) is 9.57. The summed E-state index contributed by atoms with van der Waals surface area (Å²) in [4.78, 5) is 21.1. The molecule has 6 nitrogen and oxygen atoms in total. The number of anilines is 5. The van der Waals surface area contributed by atoms with Crippen LogP contribution in [0.3, 0.4) is 0 Å². The summed E-state index contributed by atoms with van der Waals surface area (Å²) in [5, 5.41) is 9.43. The van der Waals surface area contributed by atoms with Gasteiger partial charge < -0.3 is 16.0 Å². The minimum absolute atomic E-state index is 0.0213. The minimum Gasteiger partial charge on any atom is -0.340 e. The molecule has 0 bridgehead atoms. The second-order valence-corrected chi connectivity index (χ2v) is 8.12. The first kappa shape index (κ1) is 20.3. The molecule has 29 heavy (non-hydrogen) atoms. The molecule has 1 heterocycles. The monoisotopic (exact) mass is 389 g/mol. The quantitative estimate of drug-likeness (QED) is 0.532. The molecular formula is C23H27N5O. The number of hydrogen-bond acceptors (Lipinski definition) is 5. The predicted molar refractivity (Wildman–Crippen MR) is 119 cm³/mol. The van der Waals surface area contributed by atoms with E-state index in [9.17, 15) is 4.79 Å². The molecule has 2 aromatic carbocycles. The highest BCUT2D eigenvalue weighted by atomic mass is 16.2. The maximum atomic E-state index is 12.1. The van der Waals surface area contributed by atoms with Crippen molar-refractivity contribution in [2.24, 2.45) is 5.41 Å². The van der Waals surface area contributed by atoms with Crippen LogP contribution >= 0.6 is 0 Å². The normalized spacial score (nSPS) is 11.1. The number of rotatable bonds is 5. The highest BCUT2D eigenvalue weighted by Gasteiger charge is 2.21. The van der Waals surface area contributed by atoms with Crippen molar-refractivity contribution in [1.82, 2.24) is 9.97 Å². The predicted octanol–water partition coefficient (Wildman–Crippen LogP) is 5.57. The van der Waals surface area contributed by atoms with E-state index in [-0.39, 0.29) is 5.91 Å². The lowest BCUT2D eigenvalue weighted by atomic mass is 9.95. The third kappa shape index (κ3) is 5.78. The zero-order chi connectivity index (χ0) is 21.0. The van der Waals surface area contributed by atoms with Crippen molar-refractivity contribution < 1.29 is 4.79 Å². The number of hydrogen-bond donors (Lipinski definition) is 3. The molecule has 0 atom stereocenters. The molecule has 3 rings (SSSR count). The first-order chi connectivity index (χ1) is 13.7. The Morgan fingerprint density at radius 1 is 0.793 bits per heavy atom. The Morgan fingerprint density at radius 2 is 1.34 bits per heavy atom. The number of carbonyl (C=O) groups excluding carboxylic acids is 1. The summed E-state index contributed by atoms with van der Waals surface area (Å²) in [5.41, 5.74) is 4.18. The van der Waals surface area contributed by atoms with Gasteiger partial charge in [-0.2, -0.15) is 4.98 Å². The molecule has 150 valence electrons. The SMILES string of the molecule is Cc1ccc(Nc2cc(C)nc(Nc3ccc(NC(=O)C(C)(C)C)cc3)n2)cc1. The van der Waals surface area contributed by atoms with Crippen LogP contribution in [0.25, 0.3) is 0 Å². The molecule has 0 saturated carbocycles. The topological polar surface area (TPSA) is 78.9 Å². The number of nitrogens with zero attached hydrogens (tertiary/aromatic N) is 2. The third-order valence-corrected chi connectivity index (χ3v) is 4.26. The van der Waals surface area contributed by atoms with Gasteiger partial charge >= 0.3 is 0 Å². The van der Waals surface area contributed by atoms with Crippen molar-refractivity contribution in [2.75, 3.05) is 16.0 Å². The number of aryl methyl sites for hydroxylation is 2. The van der Waals surface area contributed by atoms with Gasteiger partial charge in [0.05, 0.1) is 0 Å². The van der Waals surface area contributed by atoms with E-state index in [1.807, 2.05) is 70.2 Å². The summed E-state index contributed by atoms with van der Waals surface area (Å²) >= 11 is 0. The van der Waals surface area contributed by atoms with E-state index >= 15 is 0 Å². The van der Waals surface area contributed by atoms with Crippen LogP contribution < -0.4 is 16.0 Å². The Bertz CT molecular complexity index is 989. The van der Waals surface area contributed by atoms with Crippen molar-refractivity contribution in [2.45, 2.75) is 34.6 Å². The number of carbonyl (C=O) groups is 1. The highest BCUT2D eigenvalue weighted by Crippen LogP contribution is 2.22. The largest absolute Gasteiger partial charge is 0.340 e. The molecule has 0 fully saturated rings. The molecule has 0 aliphatic rings. The summed E-state index contributed by atoms with van der Waals surface area (Å²) in [5.74, 6) is 1.20. The maximum Gasteiger partial charge on any atom is 0.229 e. The van der Waals surface area contributed by atoms with E-state index < -0.39 is 5.41 Å². The Morgan fingerprint density at radius 3 is 1.97 bits per heavy atom. The maximum absolute atomic E-state index is 12.1. The van der Waals surface area contributed by atoms with Crippen molar-refractivity contribution in [3.8, 4) is 0 Å². The average molecular weight is 390 g/mol. The second-order valence-electron chi connectivity index (χ2n) is 8.12. The zero-order valence-electron chi connectivity index (χ0n) is 17.5. The summed E-state index contributed by atoms with van der Waals surface area (Å²) in [6.07, 6.45) is 0. The fraction of sp³-hybridized carbons (Fsp3) is 0.261. The molecule has 0 aliphatic carbocycles. The van der Waals surface area contributed by atoms with Crippen molar-refractivity contribution in [3.63, 3.8) is 0 Å². The smallest absolute Gasteiger partial charge is 0.229 e. The van der Waals surface area contributed by atoms with E-state index in [2.05, 4.69) is 45.0 Å². The minimum atomic E-state index is -0.437. The fourth-order valence-corrected chi connectivity index (χ4v) is 2.56. The van der Waals surface area contributed by atoms with Gasteiger partial charge in [-0.1, -0.05) is 38.5 Å². The molecule has 0 unspecified atom stereocenters. The lowest BCUT2D eigenvalue weighted by Crippen LogP contribution is -2.27. The van der Waals surface area contributed by atoms with Gasteiger partial charge in [-0.25, -0.2) is 4.98 Å². The van der Waals surface area contributed by atoms with Crippen molar-refractivity contribution in [1.29, 1.82) is 0 Å². The lowest BCUT2D eigenvalue weighted by Gasteiger charge is -2.17. The van der Waals surface area contributed by atoms with Gasteiger partial charge in [-0.3, -0.25) is 4.79 Å². The number of aromatic nitrogens is 2. The molecule has 3 N–H and O–H groups in total. The van der Waals surface area contributed by atoms with Gasteiger partial charge in [0, 0.05) is 34.2 Å². The molecule has 0 spiro atoms. The van der Waals surface area contributed by atoms with Crippen LogP contribution in [0.5, 0.6) is 0 Å². The van der Waals surface area contributed by atoms with Crippen LogP contribution in [0.15, 0.2) is 54.6 Å². The number of amides is 1. The fourth-order valence-electron chi connectivity index (χ4n) is 2.56. The van der Waals surface area contributed by atoms with Gasteiger partial charge in [-0.05, 0) is 50.2 Å². The Hall–Kier alpha value is -3.41. The van der Waals surface area contributed by atoms with Gasteiger partial charge in [-0.15, -0.1) is 0 Å². The summed E-state index contributed by atoms with van der Waals surface area (Å²) in [7, 11) is 0. The van der Waals surface area contributed by atoms with E-state index in [1.54, 1.807) is 0 Å². The Balaban J connectivity index is 1.70. The molecule has 0 aliphatic heterocycles. The summed E-state index contributed by atoms with van der Waals surface area (Å²) < 4.78 is 0. The number of benzene rings is 2. The van der Waals surface area contributed by atoms with Gasteiger partial charge in [0.1, 0.15) is 5.82 Å². The van der Waals surface area contributed by atoms with Gasteiger partial charge in [0.15, 0.2) is 0 Å². The van der Waals surface area contributed by atoms with E-state index in [0.717, 1.165) is 28.6 Å². The highest BCUT2D eigenvalue weighted by molar-refractivity contribution is 5.94. The van der Waals surface area contributed by atoms with Crippen LogP contribution in [0.2, 0.25) is 0 Å². The van der Waals surface area contributed by atoms with Crippen LogP contribution in [-0.4, -0.2) is 15.9 Å². The Labute approximate surface area is 171 Å². The molecular weight excluding hydrogens is 362 g/mol. The molecule has 0 radical (unpaired) electrons. The van der Waals surface area contributed by atoms with Crippen LogP contribution in [0.1, 0.15) is 32.0 Å². The van der Waals surface area contributed by atoms with E-state index in [0.29, 0.717) is 5.95 Å². The molecule has 3 aromatic rings. The van der Waals surface area contributed by atoms with Crippen molar-refractivity contribution in [3.05, 3.63) is 65.9 Å². The molecule has 0 saturated heterocycles. The Kier molecular flexibility index (Phi) is 5.82. The van der Waals surface area contributed by atoms with Crippen molar-refractivity contribution >= 4 is 34.7 Å². The van der Waals surface area contributed by atoms with Gasteiger partial charge in [0.25, 0.3) is 0 Å². The molecule has 1 aromatic heterocycles. The standard InChI is InChI=1S/C23H27N5O/c1-15-6-8-17(9-7-15)25-20-14-16(2)24-22(28-20)27-19-12-10-18(11-13-19)26-21(29)23(3,4)5/h6-14H,1-5H3,(H,26,29)(H2,24,25,27,28). The average Bonchev–Trinajstić information content (AvgIpc) is 2.64. The van der Waals surface area contributed by atoms with E-state index in [1.165, 1.54) is 5.56 Å². The lowest BCUT2D eigenvalue weighted by molar-refractivity contribution is -0.123. The summed E-state index contributed by atoms with van der Waals surface area (Å²) in [6, 6.07) is 17.5. The van der Waals surface area contributed by atoms with Gasteiger partial charge in [0.2, 0.25) is 11.9 Å². The number of nitrogens with one attached hydrogen (secondary N) is 3. The molecule has 1 amide bonds. The first-order valence-electron chi connectivity index (χ1n) is 9.57. The van der Waals surface area contributed by atoms with E-state index in [4.69, 9.17) is 0 Å². The third-order valence-electron chi connectivity index (χ3n) is 4.26. The molecule has 6 heteroatoms. The summed E-state index contributed by atoms with van der Waals surface area (Å²) in [6.45, 7) is 9.64. The van der Waals surface area contributed by atoms with Crippen LogP contribution in [0.4, 0.5) is 28.8 Å². The van der Waals surface area contributed by atoms with Crippen LogP contribution in [-0.2, 0) is 4.79 Å².